The Kier molecular flexibility index (Phi) is 4.90. The lowest BCUT2D eigenvalue weighted by atomic mass is 10.2. The molecule has 0 aliphatic rings. The number of nitrogens with one attached hydrogen (secondary N) is 1. The van der Waals surface area contributed by atoms with Crippen LogP contribution in [0.2, 0.25) is 0 Å². The molecule has 1 heterocycles. The summed E-state index contributed by atoms with van der Waals surface area (Å²) in [6, 6.07) is 8.93. The Morgan fingerprint density at radius 2 is 2.14 bits per heavy atom. The standard InChI is InChI=1S/C15H17BrN2O3/c1-10-8-11(4-6-13(10)20-3)17-15(19)18(2)9-12-5-7-14(16)21-12/h4-8H,9H2,1-3H3,(H,17,19). The van der Waals surface area contributed by atoms with Crippen LogP contribution < -0.4 is 10.1 Å². The van der Waals surface area contributed by atoms with E-state index in [0.29, 0.717) is 17.0 Å². The van der Waals surface area contributed by atoms with E-state index in [2.05, 4.69) is 21.2 Å². The van der Waals surface area contributed by atoms with Gasteiger partial charge in [0.05, 0.1) is 13.7 Å². The lowest BCUT2D eigenvalue weighted by Gasteiger charge is -2.17. The summed E-state index contributed by atoms with van der Waals surface area (Å²) < 4.78 is 11.2. The summed E-state index contributed by atoms with van der Waals surface area (Å²) in [5, 5.41) is 2.84. The monoisotopic (exact) mass is 352 g/mol. The molecule has 0 saturated carbocycles. The molecule has 0 aliphatic carbocycles. The first-order chi connectivity index (χ1) is 9.99. The fourth-order valence-electron chi connectivity index (χ4n) is 1.92. The number of nitrogens with zero attached hydrogens (tertiary/aromatic N) is 1. The largest absolute Gasteiger partial charge is 0.496 e. The number of aryl methyl sites for hydroxylation is 1. The highest BCUT2D eigenvalue weighted by molar-refractivity contribution is 9.10. The van der Waals surface area contributed by atoms with Crippen molar-refractivity contribution >= 4 is 27.6 Å². The number of amides is 2. The van der Waals surface area contributed by atoms with Crippen molar-refractivity contribution in [3.05, 3.63) is 46.3 Å². The van der Waals surface area contributed by atoms with E-state index in [4.69, 9.17) is 9.15 Å². The van der Waals surface area contributed by atoms with Gasteiger partial charge in [0.25, 0.3) is 0 Å². The molecule has 0 radical (unpaired) electrons. The molecule has 1 aromatic heterocycles. The topological polar surface area (TPSA) is 54.7 Å². The van der Waals surface area contributed by atoms with E-state index in [1.165, 1.54) is 0 Å². The van der Waals surface area contributed by atoms with Crippen molar-refractivity contribution in [1.29, 1.82) is 0 Å². The van der Waals surface area contributed by atoms with Gasteiger partial charge in [-0.2, -0.15) is 0 Å². The highest BCUT2D eigenvalue weighted by Gasteiger charge is 2.12. The minimum atomic E-state index is -0.202. The molecule has 1 N–H and O–H groups in total. The van der Waals surface area contributed by atoms with Gasteiger partial charge in [-0.25, -0.2) is 4.79 Å². The molecule has 0 atom stereocenters. The molecule has 2 amide bonds. The van der Waals surface area contributed by atoms with Crippen LogP contribution in [0.4, 0.5) is 10.5 Å². The zero-order valence-electron chi connectivity index (χ0n) is 12.1. The van der Waals surface area contributed by atoms with Gasteiger partial charge in [-0.3, -0.25) is 0 Å². The maximum atomic E-state index is 12.1. The zero-order valence-corrected chi connectivity index (χ0v) is 13.7. The number of benzene rings is 1. The predicted octanol–water partition coefficient (Wildman–Crippen LogP) is 4.02. The molecule has 0 spiro atoms. The molecule has 0 fully saturated rings. The average Bonchev–Trinajstić information content (AvgIpc) is 2.84. The second kappa shape index (κ2) is 6.67. The van der Waals surface area contributed by atoms with Crippen molar-refractivity contribution in [2.45, 2.75) is 13.5 Å². The number of halogens is 1. The van der Waals surface area contributed by atoms with Gasteiger partial charge in [0.1, 0.15) is 11.5 Å². The quantitative estimate of drug-likeness (QED) is 0.903. The number of carbonyl (C=O) groups excluding carboxylic acids is 1. The maximum Gasteiger partial charge on any atom is 0.321 e. The van der Waals surface area contributed by atoms with Crippen LogP contribution in [-0.4, -0.2) is 25.1 Å². The van der Waals surface area contributed by atoms with E-state index in [1.54, 1.807) is 31.2 Å². The zero-order chi connectivity index (χ0) is 15.4. The Morgan fingerprint density at radius 3 is 2.71 bits per heavy atom. The van der Waals surface area contributed by atoms with Crippen LogP contribution >= 0.6 is 15.9 Å². The minimum Gasteiger partial charge on any atom is -0.496 e. The van der Waals surface area contributed by atoms with Crippen LogP contribution in [0.15, 0.2) is 39.4 Å². The third-order valence-corrected chi connectivity index (χ3v) is 3.44. The molecule has 5 nitrogen and oxygen atoms in total. The minimum absolute atomic E-state index is 0.202. The van der Waals surface area contributed by atoms with Crippen molar-refractivity contribution in [3.63, 3.8) is 0 Å². The van der Waals surface area contributed by atoms with E-state index < -0.39 is 0 Å². The number of methoxy groups -OCH3 is 1. The van der Waals surface area contributed by atoms with Gasteiger partial charge >= 0.3 is 6.03 Å². The SMILES string of the molecule is COc1ccc(NC(=O)N(C)Cc2ccc(Br)o2)cc1C. The van der Waals surface area contributed by atoms with Crippen molar-refractivity contribution in [3.8, 4) is 5.75 Å². The summed E-state index contributed by atoms with van der Waals surface area (Å²) in [4.78, 5) is 13.7. The first-order valence-electron chi connectivity index (χ1n) is 6.40. The first kappa shape index (κ1) is 15.4. The average molecular weight is 353 g/mol. The van der Waals surface area contributed by atoms with E-state index in [0.717, 1.165) is 17.0 Å². The first-order valence-corrected chi connectivity index (χ1v) is 7.20. The van der Waals surface area contributed by atoms with Crippen molar-refractivity contribution in [1.82, 2.24) is 4.90 Å². The van der Waals surface area contributed by atoms with E-state index >= 15 is 0 Å². The number of rotatable bonds is 4. The molecule has 2 aromatic rings. The highest BCUT2D eigenvalue weighted by atomic mass is 79.9. The Hall–Kier alpha value is -1.95. The molecule has 2 rings (SSSR count). The lowest BCUT2D eigenvalue weighted by molar-refractivity contribution is 0.216. The summed E-state index contributed by atoms with van der Waals surface area (Å²) in [6.07, 6.45) is 0. The second-order valence-electron chi connectivity index (χ2n) is 4.68. The molecular weight excluding hydrogens is 336 g/mol. The Balaban J connectivity index is 1.98. The van der Waals surface area contributed by atoms with Crippen LogP contribution in [0.5, 0.6) is 5.75 Å². The predicted molar refractivity (Wildman–Crippen MR) is 84.6 cm³/mol. The van der Waals surface area contributed by atoms with Gasteiger partial charge < -0.3 is 19.4 Å². The van der Waals surface area contributed by atoms with E-state index in [9.17, 15) is 4.79 Å². The van der Waals surface area contributed by atoms with Gasteiger partial charge in [0.2, 0.25) is 0 Å². The summed E-state index contributed by atoms with van der Waals surface area (Å²) in [5.41, 5.74) is 1.69. The number of furan rings is 1. The number of urea groups is 1. The van der Waals surface area contributed by atoms with E-state index in [-0.39, 0.29) is 6.03 Å². The fraction of sp³-hybridized carbons (Fsp3) is 0.267. The third kappa shape index (κ3) is 4.01. The van der Waals surface area contributed by atoms with Crippen molar-refractivity contribution in [2.24, 2.45) is 0 Å². The molecule has 21 heavy (non-hydrogen) atoms. The van der Waals surface area contributed by atoms with Crippen LogP contribution in [0.1, 0.15) is 11.3 Å². The van der Waals surface area contributed by atoms with Gasteiger partial charge in [0.15, 0.2) is 4.67 Å². The summed E-state index contributed by atoms with van der Waals surface area (Å²) in [7, 11) is 3.33. The molecule has 112 valence electrons. The number of ether oxygens (including phenoxy) is 1. The van der Waals surface area contributed by atoms with Crippen LogP contribution in [0, 0.1) is 6.92 Å². The molecule has 6 heteroatoms. The smallest absolute Gasteiger partial charge is 0.321 e. The Morgan fingerprint density at radius 1 is 1.38 bits per heavy atom. The molecule has 0 bridgehead atoms. The van der Waals surface area contributed by atoms with Gasteiger partial charge in [-0.05, 0) is 58.7 Å². The highest BCUT2D eigenvalue weighted by Crippen LogP contribution is 2.22. The number of carbonyl (C=O) groups is 1. The molecule has 0 unspecified atom stereocenters. The third-order valence-electron chi connectivity index (χ3n) is 3.01. The fourth-order valence-corrected chi connectivity index (χ4v) is 2.26. The molecular formula is C15H17BrN2O3. The number of anilines is 1. The van der Waals surface area contributed by atoms with Crippen molar-refractivity contribution < 1.29 is 13.9 Å². The molecule has 0 aliphatic heterocycles. The van der Waals surface area contributed by atoms with Gasteiger partial charge in [-0.1, -0.05) is 0 Å². The number of hydrogen-bond donors (Lipinski definition) is 1. The van der Waals surface area contributed by atoms with E-state index in [1.807, 2.05) is 25.1 Å². The van der Waals surface area contributed by atoms with Crippen LogP contribution in [-0.2, 0) is 6.54 Å². The number of hydrogen-bond acceptors (Lipinski definition) is 3. The summed E-state index contributed by atoms with van der Waals surface area (Å²) >= 11 is 3.24. The maximum absolute atomic E-state index is 12.1. The Labute approximate surface area is 132 Å². The summed E-state index contributed by atoms with van der Waals surface area (Å²) in [6.45, 7) is 2.32. The van der Waals surface area contributed by atoms with Crippen LogP contribution in [0.3, 0.4) is 0 Å². The van der Waals surface area contributed by atoms with Gasteiger partial charge in [-0.15, -0.1) is 0 Å². The molecule has 0 saturated heterocycles. The van der Waals surface area contributed by atoms with Gasteiger partial charge in [0, 0.05) is 12.7 Å². The lowest BCUT2D eigenvalue weighted by Crippen LogP contribution is -2.30. The summed E-state index contributed by atoms with van der Waals surface area (Å²) in [5.74, 6) is 1.51. The van der Waals surface area contributed by atoms with Crippen molar-refractivity contribution in [2.75, 3.05) is 19.5 Å². The second-order valence-corrected chi connectivity index (χ2v) is 5.46. The normalized spacial score (nSPS) is 10.3. The van der Waals surface area contributed by atoms with Crippen LogP contribution in [0.25, 0.3) is 0 Å². The molecule has 1 aromatic carbocycles. The Bertz CT molecular complexity index is 640.